The number of nitrogen functional groups attached to an aromatic ring is 1. The van der Waals surface area contributed by atoms with Crippen molar-refractivity contribution in [1.29, 1.82) is 0 Å². The van der Waals surface area contributed by atoms with Crippen molar-refractivity contribution in [3.05, 3.63) is 62.4 Å². The van der Waals surface area contributed by atoms with Gasteiger partial charge in [-0.1, -0.05) is 4.98 Å². The Morgan fingerprint density at radius 2 is 1.52 bits per heavy atom. The number of hydrogen-bond donors (Lipinski definition) is 10. The number of nitrogens with two attached hydrogens (primary N) is 1. The Balaban J connectivity index is 0.960. The van der Waals surface area contributed by atoms with Crippen molar-refractivity contribution in [3.8, 4) is 0 Å². The fraction of sp³-hybridized carbons (Fsp3) is 0.622. The van der Waals surface area contributed by atoms with E-state index in [0.29, 0.717) is 0 Å². The standard InChI is InChI=1S/C37H54N12O24P4/c1-16(2)42-36-44-31-23(32(54)45-36)46(3)15-49(31)33-24(51)17(7-9-64-4)18(69-33)10-67-75(58,59)72-77(62,63)73-76(60,61)68-12-20-28(27(65-5)35(71-20)48-14-41-22-29(38)39-13-40-30(22)48)74(56,57)66-11-19-25(52)26(53)34(70-19)47-8-6-21(50)43-37(47)55/h6,8,13-20,24-28,33-35,51-53H,7,9-12H2,1-5H3,(H8-,38,39,40,42,43,44,45,50,54,55,56,57,58,59,60,61,62,63)/t17-,18-,19-,20?,24-,25-,26-,27-,28-,33-,34-,35-/m1/s1. The number of phosphoric ester groups is 2. The highest BCUT2D eigenvalue weighted by Gasteiger charge is 2.55. The number of ether oxygens (including phenoxy) is 5. The molecule has 77 heavy (non-hydrogen) atoms. The Morgan fingerprint density at radius 1 is 0.857 bits per heavy atom. The van der Waals surface area contributed by atoms with E-state index >= 15 is 0 Å². The van der Waals surface area contributed by atoms with Gasteiger partial charge in [0.15, 0.2) is 30.2 Å². The molecule has 8 rings (SSSR count). The summed E-state index contributed by atoms with van der Waals surface area (Å²) in [5, 5.41) is 36.0. The molecule has 0 spiro atoms. The molecule has 3 aliphatic heterocycles. The minimum absolute atomic E-state index is 0.0233. The molecule has 0 aliphatic carbocycles. The van der Waals surface area contributed by atoms with Crippen molar-refractivity contribution < 1.29 is 104 Å². The first-order valence-electron chi connectivity index (χ1n) is 22.8. The molecule has 426 valence electrons. The third-order valence-corrected chi connectivity index (χ3v) is 18.5. The summed E-state index contributed by atoms with van der Waals surface area (Å²) in [5.41, 5.74) is 1.66. The third kappa shape index (κ3) is 12.6. The smallest absolute Gasteiger partial charge is 0.490 e. The first-order chi connectivity index (χ1) is 36.1. The van der Waals surface area contributed by atoms with E-state index in [1.165, 1.54) is 22.6 Å². The van der Waals surface area contributed by atoms with E-state index in [9.17, 15) is 67.5 Å². The van der Waals surface area contributed by atoms with Crippen molar-refractivity contribution in [2.75, 3.05) is 51.7 Å². The molecule has 40 heteroatoms. The molecular weight excluding hydrogens is 1120 g/mol. The third-order valence-electron chi connectivity index (χ3n) is 12.4. The van der Waals surface area contributed by atoms with Crippen LogP contribution in [0.15, 0.2) is 45.6 Å². The second kappa shape index (κ2) is 22.9. The van der Waals surface area contributed by atoms with Gasteiger partial charge < -0.3 is 78.7 Å². The number of imidazole rings is 2. The average Bonchev–Trinajstić information content (AvgIpc) is 4.17. The van der Waals surface area contributed by atoms with Crippen molar-refractivity contribution in [1.82, 2.24) is 43.6 Å². The number of aliphatic hydroxyl groups is 3. The lowest BCUT2D eigenvalue weighted by molar-refractivity contribution is -0.745. The minimum Gasteiger partial charge on any atom is -0.778 e. The molecule has 3 fully saturated rings. The lowest BCUT2D eigenvalue weighted by atomic mass is 9.95. The average molecular weight is 1170 g/mol. The fourth-order valence-electron chi connectivity index (χ4n) is 9.00. The number of nitrogens with zero attached hydrogens (tertiary/aromatic N) is 8. The van der Waals surface area contributed by atoms with Crippen LogP contribution in [-0.4, -0.2) is 169 Å². The fourth-order valence-corrected chi connectivity index (χ4v) is 14.2. The zero-order chi connectivity index (χ0) is 56.1. The van der Waals surface area contributed by atoms with Gasteiger partial charge in [-0.25, -0.2) is 38.0 Å². The van der Waals surface area contributed by atoms with Crippen molar-refractivity contribution >= 4 is 65.2 Å². The van der Waals surface area contributed by atoms with E-state index < -0.39 is 141 Å². The number of H-pyrrole nitrogens is 2. The molecule has 11 N–H and O–H groups in total. The van der Waals surface area contributed by atoms with Crippen LogP contribution in [0.2, 0.25) is 0 Å². The Hall–Kier alpha value is -4.58. The molecule has 3 saturated heterocycles. The molecule has 5 aromatic heterocycles. The maximum Gasteiger partial charge on any atom is 0.490 e. The topological polar surface area (TPSA) is 496 Å². The molecule has 3 aliphatic rings. The van der Waals surface area contributed by atoms with Gasteiger partial charge in [0.25, 0.3) is 17.1 Å². The van der Waals surface area contributed by atoms with Crippen LogP contribution in [0.1, 0.15) is 39.0 Å². The molecule has 5 aromatic rings. The Labute approximate surface area is 431 Å². The van der Waals surface area contributed by atoms with E-state index in [2.05, 4.69) is 38.9 Å². The summed E-state index contributed by atoms with van der Waals surface area (Å²) in [5.74, 6) is -0.929. The van der Waals surface area contributed by atoms with E-state index in [-0.39, 0.29) is 53.2 Å². The summed E-state index contributed by atoms with van der Waals surface area (Å²) in [7, 11) is -19.6. The molecule has 0 saturated carbocycles. The van der Waals surface area contributed by atoms with E-state index in [1.807, 2.05) is 18.8 Å². The quantitative estimate of drug-likeness (QED) is 0.0231. The Morgan fingerprint density at radius 3 is 2.17 bits per heavy atom. The maximum absolute atomic E-state index is 14.2. The largest absolute Gasteiger partial charge is 0.778 e. The van der Waals surface area contributed by atoms with Gasteiger partial charge in [0.2, 0.25) is 11.7 Å². The minimum atomic E-state index is -6.21. The second-order valence-corrected chi connectivity index (χ2v) is 24.5. The van der Waals surface area contributed by atoms with E-state index in [4.69, 9.17) is 43.0 Å². The number of aryl methyl sites for hydroxylation is 1. The van der Waals surface area contributed by atoms with Gasteiger partial charge >= 0.3 is 34.8 Å². The number of fused-ring (bicyclic) bond motifs is 2. The molecular formula is C37H54N12O24P4. The summed E-state index contributed by atoms with van der Waals surface area (Å²) < 4.78 is 111. The molecule has 0 aromatic carbocycles. The molecule has 36 nitrogen and oxygen atoms in total. The lowest BCUT2D eigenvalue weighted by Crippen LogP contribution is -2.45. The van der Waals surface area contributed by atoms with Crippen LogP contribution in [0, 0.1) is 5.92 Å². The number of aromatic amines is 2. The van der Waals surface area contributed by atoms with Gasteiger partial charge in [-0.3, -0.25) is 42.3 Å². The molecule has 5 unspecified atom stereocenters. The van der Waals surface area contributed by atoms with Gasteiger partial charge in [-0.15, -0.1) is 0 Å². The van der Waals surface area contributed by atoms with Gasteiger partial charge in [-0.2, -0.15) is 8.62 Å². The Kier molecular flexibility index (Phi) is 17.4. The number of rotatable bonds is 23. The van der Waals surface area contributed by atoms with Gasteiger partial charge in [0, 0.05) is 45.0 Å². The highest BCUT2D eigenvalue weighted by molar-refractivity contribution is 7.66. The highest BCUT2D eigenvalue weighted by atomic mass is 31.3. The summed E-state index contributed by atoms with van der Waals surface area (Å²) in [4.78, 5) is 104. The number of methoxy groups -OCH3 is 2. The van der Waals surface area contributed by atoms with Crippen LogP contribution >= 0.6 is 31.1 Å². The predicted octanol–water partition coefficient (Wildman–Crippen LogP) is -2.91. The van der Waals surface area contributed by atoms with Crippen LogP contribution < -0.4 is 37.3 Å². The molecule has 0 amide bonds. The number of aliphatic hydroxyl groups excluding tert-OH is 3. The number of aromatic nitrogens is 10. The van der Waals surface area contributed by atoms with Gasteiger partial charge in [0.1, 0.15) is 50.0 Å². The van der Waals surface area contributed by atoms with E-state index in [1.54, 1.807) is 7.05 Å². The predicted molar refractivity (Wildman–Crippen MR) is 253 cm³/mol. The highest BCUT2D eigenvalue weighted by Crippen LogP contribution is 2.68. The lowest BCUT2D eigenvalue weighted by Gasteiger charge is -2.35. The normalized spacial score (nSPS) is 29.9. The van der Waals surface area contributed by atoms with Crippen LogP contribution in [-0.2, 0) is 71.2 Å². The first-order valence-corrected chi connectivity index (χ1v) is 28.9. The number of anilines is 2. The van der Waals surface area contributed by atoms with Crippen molar-refractivity contribution in [3.63, 3.8) is 0 Å². The van der Waals surface area contributed by atoms with Gasteiger partial charge in [-0.05, 0) is 20.3 Å². The summed E-state index contributed by atoms with van der Waals surface area (Å²) in [6.07, 6.45) is -11.7. The molecule has 8 heterocycles. The van der Waals surface area contributed by atoms with Crippen LogP contribution in [0.4, 0.5) is 11.8 Å². The maximum atomic E-state index is 14.2. The zero-order valence-electron chi connectivity index (χ0n) is 40.9. The summed E-state index contributed by atoms with van der Waals surface area (Å²) in [6.45, 7) is 0.335. The summed E-state index contributed by atoms with van der Waals surface area (Å²) in [6, 6.07) is 0.777. The van der Waals surface area contributed by atoms with E-state index in [0.717, 1.165) is 41.2 Å². The van der Waals surface area contributed by atoms with Crippen LogP contribution in [0.5, 0.6) is 0 Å². The van der Waals surface area contributed by atoms with Crippen LogP contribution in [0.25, 0.3) is 22.3 Å². The monoisotopic (exact) mass is 1170 g/mol. The van der Waals surface area contributed by atoms with Gasteiger partial charge in [0.05, 0.1) is 51.1 Å². The molecule has 0 bridgehead atoms. The SMILES string of the molecule is COCC[C@H]1[C@@H](O)[C@H]([n+]2cn(C)c3c(=O)[nH]c(NC(C)C)nc32)O[C@@H]1COP(=O)(O)OP(=O)(O)OP(=O)(O)OCC1O[C@@H](n2cnc3c(N)ncnc32)[C@H](OC)[C@@H]1P(=O)([O-])OC[C@H]1O[C@@H](n2ccc(=O)[nH]c2=O)[C@H](O)[C@@H]1O. The van der Waals surface area contributed by atoms with Crippen molar-refractivity contribution in [2.45, 2.75) is 93.4 Å². The van der Waals surface area contributed by atoms with Crippen molar-refractivity contribution in [2.24, 2.45) is 13.0 Å². The molecule has 16 atom stereocenters. The summed E-state index contributed by atoms with van der Waals surface area (Å²) >= 11 is 0. The Bertz CT molecular complexity index is 3340. The first kappa shape index (κ1) is 58.6. The molecule has 0 radical (unpaired) electrons. The number of nitrogens with one attached hydrogen (secondary N) is 3. The number of hydrogen-bond acceptors (Lipinski definition) is 27. The zero-order valence-corrected chi connectivity index (χ0v) is 44.5. The number of phosphoric acid groups is 3. The second-order valence-electron chi connectivity index (χ2n) is 17.9. The van der Waals surface area contributed by atoms with Crippen LogP contribution in [0.3, 0.4) is 0 Å².